The van der Waals surface area contributed by atoms with E-state index in [-0.39, 0.29) is 23.5 Å². The molecule has 0 radical (unpaired) electrons. The number of hydrogen-bond donors (Lipinski definition) is 3. The monoisotopic (exact) mass is 328 g/mol. The van der Waals surface area contributed by atoms with E-state index >= 15 is 0 Å². The number of carboxylic acid groups (broad SMARTS) is 1. The molecule has 1 aromatic rings. The molecule has 1 aromatic carbocycles. The van der Waals surface area contributed by atoms with Crippen LogP contribution in [0.1, 0.15) is 10.4 Å². The summed E-state index contributed by atoms with van der Waals surface area (Å²) in [6.07, 6.45) is 0. The Balaban J connectivity index is 1.84. The molecule has 0 aromatic heterocycles. The molecule has 4 N–H and O–H groups in total. The number of carbonyl (C=O) groups is 2. The maximum Gasteiger partial charge on any atom is 0.335 e. The summed E-state index contributed by atoms with van der Waals surface area (Å²) in [4.78, 5) is 36.4. The number of nitrogens with two attached hydrogens (primary N) is 1. The van der Waals surface area contributed by atoms with E-state index < -0.39 is 11.6 Å². The number of benzene rings is 1. The molecule has 1 amide bonds. The standard InChI is InChI=1S/C15H16N6O3/c1-20-10-6-17-12-15(20,13(24)19-14(16)18-12)21(7-10)9-4-2-8(3-5-9)11(22)23/h2-5,10H,6-7H2,1H3,(H,22,23)(H3,16,17,18,19,24)/t10-,15+/m1/s1. The van der Waals surface area contributed by atoms with E-state index in [1.54, 1.807) is 12.1 Å². The van der Waals surface area contributed by atoms with Gasteiger partial charge in [0.05, 0.1) is 12.1 Å². The zero-order valence-corrected chi connectivity index (χ0v) is 12.9. The number of carboxylic acids is 1. The molecule has 124 valence electrons. The first kappa shape index (κ1) is 14.6. The van der Waals surface area contributed by atoms with Crippen molar-refractivity contribution in [3.8, 4) is 0 Å². The van der Waals surface area contributed by atoms with Crippen molar-refractivity contribution in [1.29, 1.82) is 0 Å². The fourth-order valence-corrected chi connectivity index (χ4v) is 3.60. The predicted molar refractivity (Wildman–Crippen MR) is 87.1 cm³/mol. The lowest BCUT2D eigenvalue weighted by Crippen LogP contribution is -2.72. The number of amides is 1. The second kappa shape index (κ2) is 4.78. The molecule has 4 rings (SSSR count). The number of anilines is 1. The molecule has 24 heavy (non-hydrogen) atoms. The number of aliphatic imine (C=N–C) groups is 2. The maximum absolute atomic E-state index is 12.9. The Kier molecular flexibility index (Phi) is 2.91. The van der Waals surface area contributed by atoms with Crippen molar-refractivity contribution in [2.24, 2.45) is 15.7 Å². The zero-order chi connectivity index (χ0) is 17.1. The van der Waals surface area contributed by atoms with Crippen LogP contribution in [0.25, 0.3) is 0 Å². The topological polar surface area (TPSA) is 124 Å². The van der Waals surface area contributed by atoms with Gasteiger partial charge in [-0.05, 0) is 31.3 Å². The summed E-state index contributed by atoms with van der Waals surface area (Å²) in [6.45, 7) is 1.11. The van der Waals surface area contributed by atoms with Crippen LogP contribution in [-0.2, 0) is 4.79 Å². The lowest BCUT2D eigenvalue weighted by molar-refractivity contribution is -0.127. The van der Waals surface area contributed by atoms with E-state index in [1.807, 2.05) is 16.8 Å². The van der Waals surface area contributed by atoms with Gasteiger partial charge in [-0.15, -0.1) is 0 Å². The number of likely N-dealkylation sites (N-methyl/N-ethyl adjacent to an activating group) is 1. The van der Waals surface area contributed by atoms with Crippen LogP contribution in [0.2, 0.25) is 0 Å². The Bertz CT molecular complexity index is 802. The van der Waals surface area contributed by atoms with Crippen molar-refractivity contribution in [2.75, 3.05) is 25.0 Å². The van der Waals surface area contributed by atoms with Gasteiger partial charge >= 0.3 is 5.97 Å². The van der Waals surface area contributed by atoms with Crippen LogP contribution >= 0.6 is 0 Å². The SMILES string of the molecule is CN1[C@@H]2CN=C3N=C(N)NC(=O)[C@@]31N(c1ccc(C(=O)O)cc1)C2. The summed E-state index contributed by atoms with van der Waals surface area (Å²) in [5.41, 5.74) is 5.44. The normalized spacial score (nSPS) is 28.8. The van der Waals surface area contributed by atoms with Crippen LogP contribution in [0.5, 0.6) is 0 Å². The van der Waals surface area contributed by atoms with E-state index in [1.165, 1.54) is 12.1 Å². The van der Waals surface area contributed by atoms with Gasteiger partial charge in [-0.1, -0.05) is 0 Å². The van der Waals surface area contributed by atoms with Crippen molar-refractivity contribution < 1.29 is 14.7 Å². The van der Waals surface area contributed by atoms with E-state index in [0.29, 0.717) is 18.9 Å². The molecule has 1 spiro atoms. The molecule has 2 atom stereocenters. The number of guanidine groups is 1. The van der Waals surface area contributed by atoms with Crippen molar-refractivity contribution in [3.05, 3.63) is 29.8 Å². The smallest absolute Gasteiger partial charge is 0.335 e. The molecule has 0 aliphatic carbocycles. The third-order valence-electron chi connectivity index (χ3n) is 4.82. The van der Waals surface area contributed by atoms with Crippen molar-refractivity contribution in [2.45, 2.75) is 11.7 Å². The number of nitrogens with one attached hydrogen (secondary N) is 1. The molecule has 0 saturated carbocycles. The first-order valence-corrected chi connectivity index (χ1v) is 7.49. The van der Waals surface area contributed by atoms with E-state index in [2.05, 4.69) is 15.3 Å². The Morgan fingerprint density at radius 1 is 1.42 bits per heavy atom. The van der Waals surface area contributed by atoms with E-state index in [0.717, 1.165) is 5.69 Å². The highest BCUT2D eigenvalue weighted by atomic mass is 16.4. The molecule has 0 unspecified atom stereocenters. The quantitative estimate of drug-likeness (QED) is 0.644. The van der Waals surface area contributed by atoms with Crippen LogP contribution < -0.4 is 16.0 Å². The van der Waals surface area contributed by atoms with Crippen LogP contribution in [-0.4, -0.2) is 65.5 Å². The molecule has 1 saturated heterocycles. The summed E-state index contributed by atoms with van der Waals surface area (Å²) < 4.78 is 0. The number of fused-ring (bicyclic) bond motifs is 1. The third kappa shape index (κ3) is 1.72. The average Bonchev–Trinajstić information content (AvgIpc) is 2.72. The molecular weight excluding hydrogens is 312 g/mol. The fourth-order valence-electron chi connectivity index (χ4n) is 3.60. The van der Waals surface area contributed by atoms with Gasteiger partial charge in [-0.3, -0.25) is 20.0 Å². The maximum atomic E-state index is 12.9. The van der Waals surface area contributed by atoms with Gasteiger partial charge in [0.2, 0.25) is 11.6 Å². The minimum Gasteiger partial charge on any atom is -0.478 e. The summed E-state index contributed by atoms with van der Waals surface area (Å²) in [7, 11) is 1.86. The lowest BCUT2D eigenvalue weighted by atomic mass is 10.0. The third-order valence-corrected chi connectivity index (χ3v) is 4.82. The van der Waals surface area contributed by atoms with Gasteiger partial charge in [0.25, 0.3) is 5.91 Å². The second-order valence-electron chi connectivity index (χ2n) is 6.02. The van der Waals surface area contributed by atoms with Gasteiger partial charge in [-0.2, -0.15) is 4.99 Å². The number of hydrogen-bond acceptors (Lipinski definition) is 7. The molecule has 9 heteroatoms. The number of carbonyl (C=O) groups excluding carboxylic acids is 1. The van der Waals surface area contributed by atoms with Gasteiger partial charge in [0, 0.05) is 18.3 Å². The van der Waals surface area contributed by atoms with E-state index in [9.17, 15) is 9.59 Å². The number of nitrogens with zero attached hydrogens (tertiary/aromatic N) is 4. The van der Waals surface area contributed by atoms with Crippen molar-refractivity contribution in [1.82, 2.24) is 10.2 Å². The number of aromatic carboxylic acids is 1. The fraction of sp³-hybridized carbons (Fsp3) is 0.333. The van der Waals surface area contributed by atoms with Gasteiger partial charge in [0.15, 0.2) is 5.84 Å². The van der Waals surface area contributed by atoms with Crippen LogP contribution in [0, 0.1) is 0 Å². The Labute approximate surface area is 137 Å². The Morgan fingerprint density at radius 2 is 2.12 bits per heavy atom. The predicted octanol–water partition coefficient (Wildman–Crippen LogP) is -0.942. The van der Waals surface area contributed by atoms with Gasteiger partial charge in [-0.25, -0.2) is 4.79 Å². The molecule has 3 aliphatic heterocycles. The second-order valence-corrected chi connectivity index (χ2v) is 6.02. The molecule has 3 heterocycles. The minimum absolute atomic E-state index is 0.0318. The lowest BCUT2D eigenvalue weighted by Gasteiger charge is -2.44. The Morgan fingerprint density at radius 3 is 2.79 bits per heavy atom. The summed E-state index contributed by atoms with van der Waals surface area (Å²) in [5.74, 6) is -0.903. The summed E-state index contributed by atoms with van der Waals surface area (Å²) in [5, 5.41) is 11.6. The Hall–Kier alpha value is -2.94. The molecule has 9 nitrogen and oxygen atoms in total. The average molecular weight is 328 g/mol. The summed E-state index contributed by atoms with van der Waals surface area (Å²) >= 11 is 0. The van der Waals surface area contributed by atoms with Gasteiger partial charge in [0.1, 0.15) is 0 Å². The highest BCUT2D eigenvalue weighted by molar-refractivity contribution is 6.25. The molecular formula is C15H16N6O3. The zero-order valence-electron chi connectivity index (χ0n) is 12.9. The first-order valence-electron chi connectivity index (χ1n) is 7.49. The van der Waals surface area contributed by atoms with Crippen molar-refractivity contribution in [3.63, 3.8) is 0 Å². The number of amidine groups is 1. The largest absolute Gasteiger partial charge is 0.478 e. The summed E-state index contributed by atoms with van der Waals surface area (Å²) in [6, 6.07) is 6.49. The van der Waals surface area contributed by atoms with Crippen molar-refractivity contribution >= 4 is 29.4 Å². The highest BCUT2D eigenvalue weighted by Gasteiger charge is 2.62. The molecule has 2 bridgehead atoms. The van der Waals surface area contributed by atoms with E-state index in [4.69, 9.17) is 10.8 Å². The molecule has 1 fully saturated rings. The van der Waals surface area contributed by atoms with Gasteiger partial charge < -0.3 is 15.7 Å². The number of rotatable bonds is 2. The van der Waals surface area contributed by atoms with Crippen LogP contribution in [0.4, 0.5) is 5.69 Å². The first-order chi connectivity index (χ1) is 11.4. The highest BCUT2D eigenvalue weighted by Crippen LogP contribution is 2.40. The molecule has 3 aliphatic rings. The van der Waals surface area contributed by atoms with Crippen LogP contribution in [0.15, 0.2) is 34.3 Å². The van der Waals surface area contributed by atoms with Crippen LogP contribution in [0.3, 0.4) is 0 Å². The minimum atomic E-state index is -1.16.